The Balaban J connectivity index is 1.82. The molecule has 0 radical (unpaired) electrons. The number of carbonyl (C=O) groups is 1. The van der Waals surface area contributed by atoms with Gasteiger partial charge in [0.1, 0.15) is 0 Å². The molecule has 0 aromatic heterocycles. The van der Waals surface area contributed by atoms with Crippen molar-refractivity contribution in [2.24, 2.45) is 0 Å². The Morgan fingerprint density at radius 1 is 1.10 bits per heavy atom. The lowest BCUT2D eigenvalue weighted by molar-refractivity contribution is 0.102. The first kappa shape index (κ1) is 13.0. The van der Waals surface area contributed by atoms with Gasteiger partial charge in [-0.3, -0.25) is 4.79 Å². The van der Waals surface area contributed by atoms with Gasteiger partial charge in [0, 0.05) is 11.3 Å². The molecule has 2 aromatic carbocycles. The van der Waals surface area contributed by atoms with E-state index in [-0.39, 0.29) is 5.91 Å². The van der Waals surface area contributed by atoms with Gasteiger partial charge in [0.25, 0.3) is 5.91 Å². The molecule has 0 saturated heterocycles. The summed E-state index contributed by atoms with van der Waals surface area (Å²) in [6.45, 7) is 0. The van der Waals surface area contributed by atoms with E-state index in [1.54, 1.807) is 18.2 Å². The van der Waals surface area contributed by atoms with Crippen LogP contribution in [0.2, 0.25) is 5.02 Å². The van der Waals surface area contributed by atoms with Gasteiger partial charge < -0.3 is 11.1 Å². The van der Waals surface area contributed by atoms with Crippen LogP contribution >= 0.6 is 11.6 Å². The molecule has 0 fully saturated rings. The first-order valence-corrected chi connectivity index (χ1v) is 6.99. The van der Waals surface area contributed by atoms with Crippen LogP contribution in [0.25, 0.3) is 0 Å². The summed E-state index contributed by atoms with van der Waals surface area (Å²) >= 11 is 6.06. The van der Waals surface area contributed by atoms with Gasteiger partial charge in [0.15, 0.2) is 0 Å². The first-order chi connectivity index (χ1) is 9.63. The Morgan fingerprint density at radius 2 is 1.90 bits per heavy atom. The van der Waals surface area contributed by atoms with Gasteiger partial charge in [0.2, 0.25) is 0 Å². The lowest BCUT2D eigenvalue weighted by Gasteiger charge is -2.09. The number of nitrogens with two attached hydrogens (primary N) is 1. The maximum Gasteiger partial charge on any atom is 0.255 e. The van der Waals surface area contributed by atoms with E-state index in [1.807, 2.05) is 18.2 Å². The number of carbonyl (C=O) groups excluding carboxylic acids is 1. The maximum atomic E-state index is 12.3. The van der Waals surface area contributed by atoms with Crippen molar-refractivity contribution in [2.45, 2.75) is 19.3 Å². The molecule has 0 saturated carbocycles. The number of halogens is 1. The number of fused-ring (bicyclic) bond motifs is 1. The second kappa shape index (κ2) is 5.17. The van der Waals surface area contributed by atoms with Crippen molar-refractivity contribution in [3.05, 3.63) is 58.1 Å². The van der Waals surface area contributed by atoms with Crippen LogP contribution in [0, 0.1) is 0 Å². The fourth-order valence-corrected chi connectivity index (χ4v) is 2.78. The van der Waals surface area contributed by atoms with Crippen molar-refractivity contribution in [1.82, 2.24) is 0 Å². The molecular formula is C16H15ClN2O. The van der Waals surface area contributed by atoms with E-state index in [0.29, 0.717) is 22.0 Å². The highest BCUT2D eigenvalue weighted by atomic mass is 35.5. The summed E-state index contributed by atoms with van der Waals surface area (Å²) in [6, 6.07) is 10.9. The standard InChI is InChI=1S/C16H15ClN2O/c17-14-9-13(18)6-7-15(14)19-16(20)12-5-4-10-2-1-3-11(10)8-12/h4-9H,1-3,18H2,(H,19,20). The SMILES string of the molecule is Nc1ccc(NC(=O)c2ccc3c(c2)CCC3)c(Cl)c1. The average molecular weight is 287 g/mol. The second-order valence-electron chi connectivity index (χ2n) is 5.03. The normalized spacial score (nSPS) is 13.1. The van der Waals surface area contributed by atoms with Crippen LogP contribution in [0.4, 0.5) is 11.4 Å². The van der Waals surface area contributed by atoms with E-state index in [4.69, 9.17) is 17.3 Å². The topological polar surface area (TPSA) is 55.1 Å². The molecule has 3 nitrogen and oxygen atoms in total. The molecule has 2 aromatic rings. The highest BCUT2D eigenvalue weighted by Gasteiger charge is 2.14. The van der Waals surface area contributed by atoms with Crippen molar-refractivity contribution < 1.29 is 4.79 Å². The van der Waals surface area contributed by atoms with Crippen LogP contribution < -0.4 is 11.1 Å². The van der Waals surface area contributed by atoms with E-state index in [0.717, 1.165) is 12.8 Å². The predicted molar refractivity (Wildman–Crippen MR) is 82.3 cm³/mol. The molecule has 0 aliphatic heterocycles. The van der Waals surface area contributed by atoms with Crippen LogP contribution in [0.15, 0.2) is 36.4 Å². The van der Waals surface area contributed by atoms with Crippen molar-refractivity contribution in [1.29, 1.82) is 0 Å². The number of aryl methyl sites for hydroxylation is 2. The minimum absolute atomic E-state index is 0.147. The summed E-state index contributed by atoms with van der Waals surface area (Å²) in [5.41, 5.74) is 10.1. The third kappa shape index (κ3) is 2.49. The lowest BCUT2D eigenvalue weighted by atomic mass is 10.1. The Morgan fingerprint density at radius 3 is 2.70 bits per heavy atom. The van der Waals surface area contributed by atoms with Gasteiger partial charge in [-0.05, 0) is 60.7 Å². The molecule has 1 aliphatic rings. The highest BCUT2D eigenvalue weighted by Crippen LogP contribution is 2.26. The summed E-state index contributed by atoms with van der Waals surface area (Å²) in [4.78, 5) is 12.3. The van der Waals surface area contributed by atoms with Gasteiger partial charge in [-0.25, -0.2) is 0 Å². The Kier molecular flexibility index (Phi) is 3.36. The smallest absolute Gasteiger partial charge is 0.255 e. The quantitative estimate of drug-likeness (QED) is 0.828. The zero-order valence-electron chi connectivity index (χ0n) is 10.9. The van der Waals surface area contributed by atoms with Crippen molar-refractivity contribution >= 4 is 28.9 Å². The predicted octanol–water partition coefficient (Wildman–Crippen LogP) is 3.66. The highest BCUT2D eigenvalue weighted by molar-refractivity contribution is 6.34. The Hall–Kier alpha value is -2.00. The Labute approximate surface area is 122 Å². The molecule has 3 rings (SSSR count). The van der Waals surface area contributed by atoms with Crippen molar-refractivity contribution in [3.63, 3.8) is 0 Å². The number of nitrogen functional groups attached to an aromatic ring is 1. The van der Waals surface area contributed by atoms with Crippen LogP contribution in [0.3, 0.4) is 0 Å². The molecule has 102 valence electrons. The molecule has 0 spiro atoms. The zero-order chi connectivity index (χ0) is 14.1. The molecule has 0 unspecified atom stereocenters. The summed E-state index contributed by atoms with van der Waals surface area (Å²) in [6.07, 6.45) is 3.34. The van der Waals surface area contributed by atoms with Crippen LogP contribution in [0.5, 0.6) is 0 Å². The minimum Gasteiger partial charge on any atom is -0.399 e. The number of anilines is 2. The lowest BCUT2D eigenvalue weighted by Crippen LogP contribution is -2.12. The minimum atomic E-state index is -0.147. The second-order valence-corrected chi connectivity index (χ2v) is 5.44. The van der Waals surface area contributed by atoms with Gasteiger partial charge >= 0.3 is 0 Å². The van der Waals surface area contributed by atoms with E-state index in [2.05, 4.69) is 5.32 Å². The monoisotopic (exact) mass is 286 g/mol. The number of benzene rings is 2. The van der Waals surface area contributed by atoms with E-state index >= 15 is 0 Å². The molecule has 20 heavy (non-hydrogen) atoms. The van der Waals surface area contributed by atoms with Gasteiger partial charge in [-0.2, -0.15) is 0 Å². The van der Waals surface area contributed by atoms with Crippen molar-refractivity contribution in [2.75, 3.05) is 11.1 Å². The summed E-state index contributed by atoms with van der Waals surface area (Å²) in [5.74, 6) is -0.147. The first-order valence-electron chi connectivity index (χ1n) is 6.61. The molecule has 1 amide bonds. The molecule has 1 aliphatic carbocycles. The molecule has 0 bridgehead atoms. The molecule has 0 heterocycles. The van der Waals surface area contributed by atoms with Crippen LogP contribution in [0.1, 0.15) is 27.9 Å². The number of hydrogen-bond acceptors (Lipinski definition) is 2. The number of hydrogen-bond donors (Lipinski definition) is 2. The third-order valence-corrected chi connectivity index (χ3v) is 3.91. The fourth-order valence-electron chi connectivity index (χ4n) is 2.54. The van der Waals surface area contributed by atoms with Crippen LogP contribution in [-0.4, -0.2) is 5.91 Å². The maximum absolute atomic E-state index is 12.3. The number of nitrogens with one attached hydrogen (secondary N) is 1. The molecule has 3 N–H and O–H groups in total. The summed E-state index contributed by atoms with van der Waals surface area (Å²) < 4.78 is 0. The van der Waals surface area contributed by atoms with Crippen LogP contribution in [-0.2, 0) is 12.8 Å². The van der Waals surface area contributed by atoms with Crippen molar-refractivity contribution in [3.8, 4) is 0 Å². The van der Waals surface area contributed by atoms with Gasteiger partial charge in [0.05, 0.1) is 10.7 Å². The van der Waals surface area contributed by atoms with E-state index in [9.17, 15) is 4.79 Å². The average Bonchev–Trinajstić information content (AvgIpc) is 2.89. The molecular weight excluding hydrogens is 272 g/mol. The van der Waals surface area contributed by atoms with Gasteiger partial charge in [-0.15, -0.1) is 0 Å². The third-order valence-electron chi connectivity index (χ3n) is 3.60. The number of rotatable bonds is 2. The van der Waals surface area contributed by atoms with E-state index in [1.165, 1.54) is 17.5 Å². The fraction of sp³-hybridized carbons (Fsp3) is 0.188. The van der Waals surface area contributed by atoms with Gasteiger partial charge in [-0.1, -0.05) is 17.7 Å². The molecule has 0 atom stereocenters. The largest absolute Gasteiger partial charge is 0.399 e. The molecule has 4 heteroatoms. The number of amides is 1. The zero-order valence-corrected chi connectivity index (χ0v) is 11.7. The Bertz CT molecular complexity index is 682. The summed E-state index contributed by atoms with van der Waals surface area (Å²) in [7, 11) is 0. The summed E-state index contributed by atoms with van der Waals surface area (Å²) in [5, 5.41) is 3.26. The van der Waals surface area contributed by atoms with E-state index < -0.39 is 0 Å².